The Kier molecular flexibility index (Phi) is 37.1. The molecule has 0 aliphatic heterocycles. The Bertz CT molecular complexity index is 5080. The Labute approximate surface area is 783 Å². The van der Waals surface area contributed by atoms with E-state index in [4.69, 9.17) is 9.47 Å². The zero-order chi connectivity index (χ0) is 95.3. The van der Waals surface area contributed by atoms with Gasteiger partial charge in [0.25, 0.3) is 50.6 Å². The van der Waals surface area contributed by atoms with Gasteiger partial charge in [0.05, 0.1) is 21.3 Å². The molecule has 130 heavy (non-hydrogen) atoms. The summed E-state index contributed by atoms with van der Waals surface area (Å²) in [5.74, 6) is 1.46. The summed E-state index contributed by atoms with van der Waals surface area (Å²) in [5, 5.41) is 0. The first kappa shape index (κ1) is 107. The fourth-order valence-corrected chi connectivity index (χ4v) is 27.5. The number of carbonyl (C=O) groups is 2. The molecule has 0 saturated heterocycles. The second kappa shape index (κ2) is 45.3. The molecular formula is C106H160O19S5. The number of hydrogen-bond donors (Lipinski definition) is 5. The van der Waals surface area contributed by atoms with Crippen LogP contribution in [-0.2, 0) is 91.9 Å². The van der Waals surface area contributed by atoms with Gasteiger partial charge in [-0.05, 0) is 314 Å². The number of ether oxygens (including phenoxy) is 2. The molecule has 0 unspecified atom stereocenters. The summed E-state index contributed by atoms with van der Waals surface area (Å²) in [7, 11) is -21.4. The van der Waals surface area contributed by atoms with Crippen molar-refractivity contribution in [3.8, 4) is 0 Å². The van der Waals surface area contributed by atoms with Gasteiger partial charge in [-0.25, -0.2) is 4.79 Å². The van der Waals surface area contributed by atoms with Crippen molar-refractivity contribution in [2.45, 2.75) is 492 Å². The fraction of sp³-hybridized carbons (Fsp3) is 0.698. The van der Waals surface area contributed by atoms with Crippen LogP contribution in [0.15, 0.2) is 97.3 Å². The molecular weight excluding hydrogens is 1740 g/mol. The average Bonchev–Trinajstić information content (AvgIpc) is 0.750. The molecule has 19 nitrogen and oxygen atoms in total. The van der Waals surface area contributed by atoms with Crippen LogP contribution in [0.4, 0.5) is 0 Å². The summed E-state index contributed by atoms with van der Waals surface area (Å²) in [4.78, 5) is 25.8. The van der Waals surface area contributed by atoms with Gasteiger partial charge in [-0.2, -0.15) is 42.1 Å². The van der Waals surface area contributed by atoms with Crippen LogP contribution in [0.5, 0.6) is 0 Å². The van der Waals surface area contributed by atoms with Crippen LogP contribution in [0, 0.1) is 5.92 Å². The first-order chi connectivity index (χ1) is 60.7. The highest BCUT2D eigenvalue weighted by Crippen LogP contribution is 2.53. The Morgan fingerprint density at radius 1 is 0.285 bits per heavy atom. The second-order valence-corrected chi connectivity index (χ2v) is 51.8. The van der Waals surface area contributed by atoms with Crippen LogP contribution in [0.1, 0.15) is 505 Å². The van der Waals surface area contributed by atoms with E-state index in [1.54, 1.807) is 24.3 Å². The van der Waals surface area contributed by atoms with Crippen molar-refractivity contribution in [3.63, 3.8) is 0 Å². The SMILES string of the molecule is CC(C)(C)c1cc(C(C)(C)C)c(S(=O)(=O)O)c(C(C)(C)C)c1.CC(C)(C)c1cccc(C(C)(C)C)c1S(=O)(=O)O.O=C(OC1CCCCC1)c1cc(C2CCC(C(=O)OC3CCCCC3)CC2)cc(S(=O)(=O)O)c1.O=S(=O)(O)c1c(C2CCCCC2)c(C2CCCCC2)cc(C2CCCCC2)c1C1CCCCC1.O=S(=O)(O)c1cc(C2CCCCC2)ccc1C1CCCCC1. The molecule has 9 saturated carbocycles. The number of hydrogen-bond acceptors (Lipinski definition) is 14. The van der Waals surface area contributed by atoms with Crippen molar-refractivity contribution < 1.29 is 83.9 Å². The number of carbonyl (C=O) groups excluding carboxylic acids is 2. The normalized spacial score (nSPS) is 21.1. The van der Waals surface area contributed by atoms with Gasteiger partial charge in [0.15, 0.2) is 0 Å². The quantitative estimate of drug-likeness (QED) is 0.0452. The van der Waals surface area contributed by atoms with E-state index in [0.29, 0.717) is 88.0 Å². The summed E-state index contributed by atoms with van der Waals surface area (Å²) in [6.45, 7) is 29.7. The lowest BCUT2D eigenvalue weighted by Crippen LogP contribution is -2.28. The van der Waals surface area contributed by atoms with Crippen LogP contribution in [0.25, 0.3) is 0 Å². The smallest absolute Gasteiger partial charge is 0.338 e. The van der Waals surface area contributed by atoms with Gasteiger partial charge in [-0.15, -0.1) is 0 Å². The highest BCUT2D eigenvalue weighted by Gasteiger charge is 2.42. The van der Waals surface area contributed by atoms with E-state index in [-0.39, 0.29) is 88.2 Å². The summed E-state index contributed by atoms with van der Waals surface area (Å²) < 4.78 is 183. The molecule has 0 heterocycles. The predicted octanol–water partition coefficient (Wildman–Crippen LogP) is 28.1. The molecule has 5 aromatic carbocycles. The van der Waals surface area contributed by atoms with Gasteiger partial charge in [-0.3, -0.25) is 27.6 Å². The maximum Gasteiger partial charge on any atom is 0.338 e. The molecule has 9 fully saturated rings. The lowest BCUT2D eigenvalue weighted by molar-refractivity contribution is -0.156. The van der Waals surface area contributed by atoms with Crippen LogP contribution in [-0.4, -0.2) is 89.0 Å². The van der Waals surface area contributed by atoms with Crippen molar-refractivity contribution in [3.05, 3.63) is 145 Å². The molecule has 728 valence electrons. The van der Waals surface area contributed by atoms with Crippen molar-refractivity contribution >= 4 is 62.5 Å². The maximum atomic E-state index is 13.4. The number of benzene rings is 5. The molecule has 5 aromatic rings. The Balaban J connectivity index is 0.000000173. The molecule has 0 atom stereocenters. The van der Waals surface area contributed by atoms with Gasteiger partial charge in [-0.1, -0.05) is 281 Å². The van der Waals surface area contributed by atoms with E-state index in [0.717, 1.165) is 150 Å². The molecule has 0 amide bonds. The van der Waals surface area contributed by atoms with Crippen molar-refractivity contribution in [1.82, 2.24) is 0 Å². The third-order valence-electron chi connectivity index (χ3n) is 29.6. The van der Waals surface area contributed by atoms with Crippen molar-refractivity contribution in [1.29, 1.82) is 0 Å². The van der Waals surface area contributed by atoms with Crippen LogP contribution < -0.4 is 0 Å². The van der Waals surface area contributed by atoms with E-state index in [9.17, 15) is 74.4 Å². The first-order valence-electron chi connectivity index (χ1n) is 49.8. The minimum atomic E-state index is -4.48. The third kappa shape index (κ3) is 29.6. The molecule has 14 rings (SSSR count). The lowest BCUT2D eigenvalue weighted by Gasteiger charge is -2.37. The molecule has 5 N–H and O–H groups in total. The Hall–Kier alpha value is -5.41. The summed E-state index contributed by atoms with van der Waals surface area (Å²) in [6, 6.07) is 21.9. The number of rotatable bonds is 16. The maximum absolute atomic E-state index is 13.4. The summed E-state index contributed by atoms with van der Waals surface area (Å²) >= 11 is 0. The highest BCUT2D eigenvalue weighted by molar-refractivity contribution is 7.87. The van der Waals surface area contributed by atoms with Gasteiger partial charge in [0, 0.05) is 0 Å². The van der Waals surface area contributed by atoms with Gasteiger partial charge in [0.1, 0.15) is 26.9 Å². The fourth-order valence-electron chi connectivity index (χ4n) is 22.4. The standard InChI is InChI=1S/C30H46O3S.C26H36O7S.C18H26O3S.C18H30O3S.C14H22O3S/c31-34(32,33)30-28(24-17-9-3-10-18-24)26(22-13-5-1-6-14-22)21-27(23-15-7-2-8-16-23)29(30)25-19-11-4-12-20-25;27-25(32-22-7-3-1-4-8-22)19-13-11-18(12-14-19)20-15-21(17-24(16-20)34(29,30)31)26(28)33-23-9-5-2-6-10-23;19-22(20,21)18-13-16(14-7-3-1-4-8-14)11-12-17(18)15-9-5-2-6-10-15;1-16(2,3)12-10-13(17(4,5)6)15(22(19,20)21)14(11-12)18(7,8)9;1-13(2,3)10-8-7-9-11(14(4,5)6)12(10)18(15,16)17/h21-25H,1-20H2,(H,31,32,33);15-19,22-23H,1-14H2,(H,29,30,31);11-15H,1-10H2,(H,19,20,21);10-11H,1-9H3,(H,19,20,21);7-9H,1-6H3,(H,15,16,17). The van der Waals surface area contributed by atoms with Crippen molar-refractivity contribution in [2.24, 2.45) is 5.92 Å². The molecule has 9 aliphatic carbocycles. The Morgan fingerprint density at radius 3 is 0.962 bits per heavy atom. The van der Waals surface area contributed by atoms with E-state index in [2.05, 4.69) is 32.9 Å². The van der Waals surface area contributed by atoms with Gasteiger partial charge in [0.2, 0.25) is 0 Å². The largest absolute Gasteiger partial charge is 0.462 e. The monoisotopic (exact) mass is 1900 g/mol. The minimum absolute atomic E-state index is 0.00154. The second-order valence-electron chi connectivity index (χ2n) is 44.9. The molecule has 0 spiro atoms. The minimum Gasteiger partial charge on any atom is -0.462 e. The van der Waals surface area contributed by atoms with Crippen LogP contribution in [0.3, 0.4) is 0 Å². The highest BCUT2D eigenvalue weighted by atomic mass is 32.2. The molecule has 9 aliphatic rings. The third-order valence-corrected chi connectivity index (χ3v) is 34.2. The van der Waals surface area contributed by atoms with Crippen LogP contribution >= 0.6 is 0 Å². The lowest BCUT2D eigenvalue weighted by atomic mass is 9.70. The molecule has 24 heteroatoms. The van der Waals surface area contributed by atoms with E-state index >= 15 is 0 Å². The van der Waals surface area contributed by atoms with Crippen molar-refractivity contribution in [2.75, 3.05) is 0 Å². The molecule has 0 radical (unpaired) electrons. The molecule has 0 aromatic heterocycles. The Morgan fingerprint density at radius 2 is 0.615 bits per heavy atom. The summed E-state index contributed by atoms with van der Waals surface area (Å²) in [6.07, 6.45) is 48.2. The van der Waals surface area contributed by atoms with Crippen LogP contribution in [0.2, 0.25) is 0 Å². The molecule has 0 bridgehead atoms. The number of esters is 2. The summed E-state index contributed by atoms with van der Waals surface area (Å²) in [5.41, 5.74) is 9.76. The van der Waals surface area contributed by atoms with E-state index < -0.39 is 56.6 Å². The van der Waals surface area contributed by atoms with Gasteiger partial charge < -0.3 is 9.47 Å². The van der Waals surface area contributed by atoms with E-state index in [1.165, 1.54) is 158 Å². The predicted molar refractivity (Wildman–Crippen MR) is 520 cm³/mol. The van der Waals surface area contributed by atoms with Gasteiger partial charge >= 0.3 is 11.9 Å². The van der Waals surface area contributed by atoms with E-state index in [1.807, 2.05) is 107 Å². The first-order valence-corrected chi connectivity index (χ1v) is 57.0. The zero-order valence-electron chi connectivity index (χ0n) is 81.3. The zero-order valence-corrected chi connectivity index (χ0v) is 85.4. The average molecular weight is 1900 g/mol. The topological polar surface area (TPSA) is 324 Å².